The molecule has 0 bridgehead atoms. The Hall–Kier alpha value is -1.64. The van der Waals surface area contributed by atoms with E-state index in [1.165, 1.54) is 54.9 Å². The minimum absolute atomic E-state index is 0.0144. The molecule has 4 nitrogen and oxygen atoms in total. The number of hydrogen-bond donors (Lipinski definition) is 1. The fourth-order valence-electron chi connectivity index (χ4n) is 6.07. The van der Waals surface area contributed by atoms with Crippen molar-refractivity contribution in [2.24, 2.45) is 5.92 Å². The largest absolute Gasteiger partial charge is 0.543 e. The molecule has 256 valence electrons. The van der Waals surface area contributed by atoms with E-state index in [1.807, 2.05) is 0 Å². The summed E-state index contributed by atoms with van der Waals surface area (Å²) in [7, 11) is -4.75. The van der Waals surface area contributed by atoms with Gasteiger partial charge in [-0.25, -0.2) is 0 Å². The van der Waals surface area contributed by atoms with E-state index in [-0.39, 0.29) is 33.3 Å². The van der Waals surface area contributed by atoms with Gasteiger partial charge < -0.3 is 14.0 Å². The Balaban J connectivity index is 2.98. The molecule has 0 unspecified atom stereocenters. The monoisotopic (exact) mass is 656 g/mol. The smallest absolute Gasteiger partial charge is 0.302 e. The van der Waals surface area contributed by atoms with Crippen LogP contribution in [0.25, 0.3) is 0 Å². The quantitative estimate of drug-likeness (QED) is 0.0883. The maximum Gasteiger partial charge on any atom is 0.302 e. The van der Waals surface area contributed by atoms with Crippen molar-refractivity contribution in [3.05, 3.63) is 52.6 Å². The van der Waals surface area contributed by atoms with Gasteiger partial charge in [0, 0.05) is 18.4 Å². The van der Waals surface area contributed by atoms with Gasteiger partial charge in [0.25, 0.3) is 0 Å². The molecule has 1 aliphatic carbocycles. The Morgan fingerprint density at radius 2 is 1.62 bits per heavy atom. The summed E-state index contributed by atoms with van der Waals surface area (Å²) in [6.45, 7) is 35.7. The van der Waals surface area contributed by atoms with Gasteiger partial charge >= 0.3 is 5.97 Å². The van der Waals surface area contributed by atoms with Crippen molar-refractivity contribution < 1.29 is 18.8 Å². The number of carbonyl (C=O) groups is 1. The normalized spacial score (nSPS) is 18.4. The predicted octanol–water partition coefficient (Wildman–Crippen LogP) is 11.4. The molecule has 0 aromatic heterocycles. The SMILES string of the molecule is C=C(C)[C@H]1CCC(COC(C)=O)=C[C@@H]1c1c(CC(C)(C)[Si](C)(C)O)cc(C(C)(C)CCCCCC)cc1O[Si](C)(C)C(C)(C)C. The number of hydrogen-bond acceptors (Lipinski definition) is 4. The first-order valence-corrected chi connectivity index (χ1v) is 23.4. The molecule has 0 saturated carbocycles. The minimum Gasteiger partial charge on any atom is -0.543 e. The Labute approximate surface area is 279 Å². The average molecular weight is 657 g/mol. The molecule has 0 heterocycles. The van der Waals surface area contributed by atoms with Gasteiger partial charge in [-0.05, 0) is 103 Å². The molecule has 2 atom stereocenters. The highest BCUT2D eigenvalue weighted by Crippen LogP contribution is 2.51. The van der Waals surface area contributed by atoms with Crippen molar-refractivity contribution in [1.29, 1.82) is 0 Å². The molecule has 0 radical (unpaired) electrons. The molecular formula is C39H68O4Si2. The van der Waals surface area contributed by atoms with Crippen LogP contribution >= 0.6 is 0 Å². The third kappa shape index (κ3) is 10.4. The van der Waals surface area contributed by atoms with Crippen molar-refractivity contribution in [2.45, 2.75) is 168 Å². The van der Waals surface area contributed by atoms with Crippen LogP contribution in [0.1, 0.15) is 137 Å². The number of esters is 1. The van der Waals surface area contributed by atoms with Crippen LogP contribution in [-0.2, 0) is 21.4 Å². The summed E-state index contributed by atoms with van der Waals surface area (Å²) >= 11 is 0. The van der Waals surface area contributed by atoms with Crippen molar-refractivity contribution >= 4 is 22.6 Å². The van der Waals surface area contributed by atoms with Crippen LogP contribution in [0, 0.1) is 5.92 Å². The number of unbranched alkanes of at least 4 members (excludes halogenated alkanes) is 3. The summed E-state index contributed by atoms with van der Waals surface area (Å²) in [6.07, 6.45) is 11.1. The first-order chi connectivity index (χ1) is 20.4. The lowest BCUT2D eigenvalue weighted by Gasteiger charge is -2.42. The zero-order valence-electron chi connectivity index (χ0n) is 31.6. The summed E-state index contributed by atoms with van der Waals surface area (Å²) in [5.74, 6) is 1.06. The highest BCUT2D eigenvalue weighted by atomic mass is 28.4. The average Bonchev–Trinajstić information content (AvgIpc) is 2.88. The predicted molar refractivity (Wildman–Crippen MR) is 198 cm³/mol. The summed E-state index contributed by atoms with van der Waals surface area (Å²) in [5, 5.41) is -0.219. The van der Waals surface area contributed by atoms with Crippen molar-refractivity contribution in [1.82, 2.24) is 0 Å². The maximum atomic E-state index is 11.8. The van der Waals surface area contributed by atoms with Crippen LogP contribution in [-0.4, -0.2) is 34.0 Å². The Kier molecular flexibility index (Phi) is 13.2. The molecule has 0 saturated heterocycles. The number of ether oxygens (including phenoxy) is 1. The van der Waals surface area contributed by atoms with Gasteiger partial charge in [0.05, 0.1) is 0 Å². The van der Waals surface area contributed by atoms with E-state index in [9.17, 15) is 9.59 Å². The first-order valence-electron chi connectivity index (χ1n) is 17.5. The van der Waals surface area contributed by atoms with E-state index in [4.69, 9.17) is 9.16 Å². The van der Waals surface area contributed by atoms with Gasteiger partial charge in [-0.2, -0.15) is 0 Å². The van der Waals surface area contributed by atoms with E-state index >= 15 is 0 Å². The first kappa shape index (κ1) is 39.5. The van der Waals surface area contributed by atoms with Gasteiger partial charge in [0.2, 0.25) is 8.32 Å². The lowest BCUT2D eigenvalue weighted by molar-refractivity contribution is -0.140. The summed E-state index contributed by atoms with van der Waals surface area (Å²) in [6, 6.07) is 4.83. The molecule has 1 aromatic rings. The van der Waals surface area contributed by atoms with Gasteiger partial charge in [-0.15, -0.1) is 0 Å². The van der Waals surface area contributed by atoms with E-state index < -0.39 is 16.6 Å². The summed E-state index contributed by atoms with van der Waals surface area (Å²) < 4.78 is 12.9. The van der Waals surface area contributed by atoms with E-state index in [2.05, 4.69) is 113 Å². The third-order valence-corrected chi connectivity index (χ3v) is 19.0. The Morgan fingerprint density at radius 1 is 1.00 bits per heavy atom. The van der Waals surface area contributed by atoms with Crippen LogP contribution in [0.15, 0.2) is 35.9 Å². The van der Waals surface area contributed by atoms with Crippen molar-refractivity contribution in [3.63, 3.8) is 0 Å². The fraction of sp³-hybridized carbons (Fsp3) is 0.718. The van der Waals surface area contributed by atoms with Gasteiger partial charge in [0.1, 0.15) is 12.4 Å². The topological polar surface area (TPSA) is 55.8 Å². The molecule has 0 fully saturated rings. The molecule has 0 spiro atoms. The molecule has 1 N–H and O–H groups in total. The molecule has 0 aliphatic heterocycles. The number of carbonyl (C=O) groups excluding carboxylic acids is 1. The molecule has 1 aromatic carbocycles. The number of allylic oxidation sites excluding steroid dienone is 2. The van der Waals surface area contributed by atoms with E-state index in [0.717, 1.165) is 37.0 Å². The van der Waals surface area contributed by atoms with Gasteiger partial charge in [-0.1, -0.05) is 105 Å². The standard InChI is InChI=1S/C39H68O4Si2/c1-16-17-18-19-22-38(8,9)32-24-31(26-39(10,11)44(12,13)41)36(35(25-32)43-45(14,15)37(5,6)7)34-23-30(27-42-29(4)40)20-21-33(34)28(2)3/h23-25,33-34,41H,2,16-22,26-27H2,1,3-15H3/t33-,34+/m1/s1. The maximum absolute atomic E-state index is 11.8. The summed E-state index contributed by atoms with van der Waals surface area (Å²) in [4.78, 5) is 23.3. The Morgan fingerprint density at radius 3 is 2.13 bits per heavy atom. The van der Waals surface area contributed by atoms with Gasteiger partial charge in [0.15, 0.2) is 8.32 Å². The second-order valence-corrected chi connectivity index (χ2v) is 26.5. The van der Waals surface area contributed by atoms with Crippen LogP contribution in [0.2, 0.25) is 36.3 Å². The molecule has 6 heteroatoms. The molecule has 0 amide bonds. The van der Waals surface area contributed by atoms with Crippen LogP contribution in [0.3, 0.4) is 0 Å². The zero-order chi connectivity index (χ0) is 34.6. The van der Waals surface area contributed by atoms with Crippen molar-refractivity contribution in [3.8, 4) is 5.75 Å². The minimum atomic E-state index is -2.53. The molecule has 45 heavy (non-hydrogen) atoms. The highest BCUT2D eigenvalue weighted by molar-refractivity contribution is 6.74. The van der Waals surface area contributed by atoms with Crippen LogP contribution < -0.4 is 4.43 Å². The van der Waals surface area contributed by atoms with Crippen LogP contribution in [0.5, 0.6) is 5.75 Å². The lowest BCUT2D eigenvalue weighted by atomic mass is 9.70. The fourth-order valence-corrected chi connectivity index (χ4v) is 7.72. The Bertz CT molecular complexity index is 1160. The van der Waals surface area contributed by atoms with Crippen molar-refractivity contribution in [2.75, 3.05) is 6.61 Å². The highest BCUT2D eigenvalue weighted by Gasteiger charge is 2.43. The summed E-state index contributed by atoms with van der Waals surface area (Å²) in [5.41, 5.74) is 6.16. The number of rotatable bonds is 15. The lowest BCUT2D eigenvalue weighted by Crippen LogP contribution is -2.44. The molecule has 1 aliphatic rings. The number of benzene rings is 1. The van der Waals surface area contributed by atoms with E-state index in [0.29, 0.717) is 6.61 Å². The van der Waals surface area contributed by atoms with Gasteiger partial charge in [-0.3, -0.25) is 4.79 Å². The molecular weight excluding hydrogens is 589 g/mol. The second-order valence-electron chi connectivity index (χ2n) is 17.3. The second kappa shape index (κ2) is 15.1. The van der Waals surface area contributed by atoms with Crippen LogP contribution in [0.4, 0.5) is 0 Å². The van der Waals surface area contributed by atoms with E-state index in [1.54, 1.807) is 0 Å². The zero-order valence-corrected chi connectivity index (χ0v) is 33.6. The third-order valence-electron chi connectivity index (χ3n) is 11.2. The molecule has 2 rings (SSSR count).